The molecule has 0 saturated carbocycles. The number of carbonyl (C=O) groups excluding carboxylic acids is 2. The van der Waals surface area contributed by atoms with Gasteiger partial charge in [-0.25, -0.2) is 0 Å². The van der Waals surface area contributed by atoms with Crippen LogP contribution >= 0.6 is 0 Å². The first kappa shape index (κ1) is 17.5. The molecule has 2 aromatic rings. The number of alkyl halides is 3. The summed E-state index contributed by atoms with van der Waals surface area (Å²) in [5, 5.41) is 5.94. The maximum absolute atomic E-state index is 12.5. The van der Waals surface area contributed by atoms with E-state index in [0.29, 0.717) is 0 Å². The van der Waals surface area contributed by atoms with Gasteiger partial charge in [0.1, 0.15) is 11.3 Å². The second kappa shape index (κ2) is 7.16. The van der Waals surface area contributed by atoms with Crippen molar-refractivity contribution in [2.45, 2.75) is 19.0 Å². The van der Waals surface area contributed by atoms with Crippen molar-refractivity contribution >= 4 is 17.6 Å². The molecule has 0 radical (unpaired) electrons. The minimum absolute atomic E-state index is 0.00620. The number of nitrogens with one attached hydrogen (secondary N) is 1. The van der Waals surface area contributed by atoms with E-state index in [1.165, 1.54) is 13.3 Å². The number of amides is 1. The molecule has 128 valence electrons. The van der Waals surface area contributed by atoms with Gasteiger partial charge in [0.2, 0.25) is 0 Å². The Labute approximate surface area is 134 Å². The number of hydrogen-bond donors (Lipinski definition) is 1. The van der Waals surface area contributed by atoms with Crippen molar-refractivity contribution in [3.8, 4) is 0 Å². The number of halogens is 3. The van der Waals surface area contributed by atoms with Gasteiger partial charge in [-0.15, -0.1) is 0 Å². The number of methoxy groups -OCH3 is 1. The molecular formula is C15H13F3N2O4. The number of ether oxygens (including phenoxy) is 1. The number of esters is 1. The molecular weight excluding hydrogens is 329 g/mol. The lowest BCUT2D eigenvalue weighted by atomic mass is 10.1. The third-order valence-electron chi connectivity index (χ3n) is 3.14. The summed E-state index contributed by atoms with van der Waals surface area (Å²) in [6, 6.07) is 4.01. The van der Waals surface area contributed by atoms with Crippen LogP contribution in [0.1, 0.15) is 28.1 Å². The minimum Gasteiger partial charge on any atom is -0.469 e. The van der Waals surface area contributed by atoms with Crippen LogP contribution < -0.4 is 5.32 Å². The molecule has 1 amide bonds. The number of rotatable bonds is 5. The van der Waals surface area contributed by atoms with Gasteiger partial charge in [0.15, 0.2) is 0 Å². The van der Waals surface area contributed by atoms with E-state index in [1.54, 1.807) is 0 Å². The molecule has 0 saturated heterocycles. The Morgan fingerprint density at radius 1 is 1.25 bits per heavy atom. The van der Waals surface area contributed by atoms with Crippen LogP contribution in [0, 0.1) is 0 Å². The summed E-state index contributed by atoms with van der Waals surface area (Å²) in [4.78, 5) is 23.3. The number of aromatic nitrogens is 1. The highest BCUT2D eigenvalue weighted by Gasteiger charge is 2.30. The zero-order valence-corrected chi connectivity index (χ0v) is 12.5. The van der Waals surface area contributed by atoms with Crippen LogP contribution in [-0.2, 0) is 22.1 Å². The summed E-state index contributed by atoms with van der Waals surface area (Å²) < 4.78 is 46.9. The van der Waals surface area contributed by atoms with Crippen molar-refractivity contribution in [3.05, 3.63) is 47.3 Å². The van der Waals surface area contributed by atoms with Crippen LogP contribution in [0.5, 0.6) is 0 Å². The summed E-state index contributed by atoms with van der Waals surface area (Å²) in [5.74, 6) is -0.888. The standard InChI is InChI=1S/C15H13F3N2O4/c1-23-13(21)7-6-12-11(8-19-24-12)14(22)20-10-4-2-9(3-5-10)15(16,17)18/h2-5,8H,6-7H2,1H3,(H,20,22). The average Bonchev–Trinajstić information content (AvgIpc) is 3.00. The number of nitrogens with zero attached hydrogens (tertiary/aromatic N) is 1. The molecule has 9 heteroatoms. The number of aryl methyl sites for hydroxylation is 1. The quantitative estimate of drug-likeness (QED) is 0.845. The molecule has 0 atom stereocenters. The molecule has 0 unspecified atom stereocenters. The Hall–Kier alpha value is -2.84. The van der Waals surface area contributed by atoms with Gasteiger partial charge in [-0.05, 0) is 24.3 Å². The van der Waals surface area contributed by atoms with E-state index in [-0.39, 0.29) is 29.9 Å². The van der Waals surface area contributed by atoms with Crippen LogP contribution in [0.25, 0.3) is 0 Å². The van der Waals surface area contributed by atoms with Crippen molar-refractivity contribution in [1.29, 1.82) is 0 Å². The summed E-state index contributed by atoms with van der Waals surface area (Å²) in [5.41, 5.74) is -0.531. The molecule has 6 nitrogen and oxygen atoms in total. The van der Waals surface area contributed by atoms with Gasteiger partial charge in [0, 0.05) is 12.1 Å². The first-order valence-electron chi connectivity index (χ1n) is 6.80. The van der Waals surface area contributed by atoms with Crippen molar-refractivity contribution in [2.24, 2.45) is 0 Å². The Bertz CT molecular complexity index is 723. The molecule has 0 bridgehead atoms. The van der Waals surface area contributed by atoms with Gasteiger partial charge in [-0.1, -0.05) is 5.16 Å². The Morgan fingerprint density at radius 3 is 2.50 bits per heavy atom. The average molecular weight is 342 g/mol. The predicted octanol–water partition coefficient (Wildman–Crippen LogP) is 3.05. The highest BCUT2D eigenvalue weighted by Crippen LogP contribution is 2.29. The van der Waals surface area contributed by atoms with Crippen molar-refractivity contribution < 1.29 is 32.0 Å². The summed E-state index contributed by atoms with van der Waals surface area (Å²) in [7, 11) is 1.24. The van der Waals surface area contributed by atoms with Crippen molar-refractivity contribution in [2.75, 3.05) is 12.4 Å². The van der Waals surface area contributed by atoms with E-state index in [0.717, 1.165) is 24.3 Å². The maximum atomic E-state index is 12.5. The van der Waals surface area contributed by atoms with E-state index in [4.69, 9.17) is 4.52 Å². The van der Waals surface area contributed by atoms with Gasteiger partial charge in [0.05, 0.1) is 25.3 Å². The lowest BCUT2D eigenvalue weighted by Crippen LogP contribution is -2.14. The summed E-state index contributed by atoms with van der Waals surface area (Å²) in [6.45, 7) is 0. The van der Waals surface area contributed by atoms with E-state index >= 15 is 0 Å². The Balaban J connectivity index is 2.05. The van der Waals surface area contributed by atoms with E-state index in [1.807, 2.05) is 0 Å². The lowest BCUT2D eigenvalue weighted by molar-refractivity contribution is -0.140. The SMILES string of the molecule is COC(=O)CCc1oncc1C(=O)Nc1ccc(C(F)(F)F)cc1. The summed E-state index contributed by atoms with van der Waals surface area (Å²) in [6.07, 6.45) is -3.15. The molecule has 1 N–H and O–H groups in total. The molecule has 0 aliphatic heterocycles. The number of hydrogen-bond acceptors (Lipinski definition) is 5. The number of anilines is 1. The minimum atomic E-state index is -4.45. The lowest BCUT2D eigenvalue weighted by Gasteiger charge is -2.08. The summed E-state index contributed by atoms with van der Waals surface area (Å²) >= 11 is 0. The molecule has 0 fully saturated rings. The maximum Gasteiger partial charge on any atom is 0.416 e. The van der Waals surface area contributed by atoms with Gasteiger partial charge in [-0.3, -0.25) is 9.59 Å². The molecule has 2 rings (SSSR count). The zero-order valence-electron chi connectivity index (χ0n) is 12.5. The van der Waals surface area contributed by atoms with E-state index in [2.05, 4.69) is 15.2 Å². The monoisotopic (exact) mass is 342 g/mol. The second-order valence-electron chi connectivity index (χ2n) is 4.77. The molecule has 1 aromatic carbocycles. The molecule has 0 aliphatic rings. The van der Waals surface area contributed by atoms with Crippen LogP contribution in [0.15, 0.2) is 35.0 Å². The van der Waals surface area contributed by atoms with Crippen LogP contribution in [-0.4, -0.2) is 24.1 Å². The predicted molar refractivity (Wildman–Crippen MR) is 76.2 cm³/mol. The molecule has 0 spiro atoms. The first-order valence-corrected chi connectivity index (χ1v) is 6.80. The fourth-order valence-electron chi connectivity index (χ4n) is 1.89. The molecule has 0 aliphatic carbocycles. The number of benzene rings is 1. The van der Waals surface area contributed by atoms with E-state index in [9.17, 15) is 22.8 Å². The zero-order chi connectivity index (χ0) is 17.7. The van der Waals surface area contributed by atoms with Gasteiger partial charge < -0.3 is 14.6 Å². The second-order valence-corrected chi connectivity index (χ2v) is 4.77. The third kappa shape index (κ3) is 4.34. The number of carbonyl (C=O) groups is 2. The van der Waals surface area contributed by atoms with Crippen LogP contribution in [0.4, 0.5) is 18.9 Å². The van der Waals surface area contributed by atoms with Crippen LogP contribution in [0.2, 0.25) is 0 Å². The Kier molecular flexibility index (Phi) is 5.22. The van der Waals surface area contributed by atoms with Gasteiger partial charge in [0.25, 0.3) is 5.91 Å². The van der Waals surface area contributed by atoms with Gasteiger partial charge >= 0.3 is 12.1 Å². The largest absolute Gasteiger partial charge is 0.469 e. The highest BCUT2D eigenvalue weighted by molar-refractivity contribution is 6.04. The molecule has 1 heterocycles. The first-order chi connectivity index (χ1) is 11.3. The van der Waals surface area contributed by atoms with Crippen molar-refractivity contribution in [3.63, 3.8) is 0 Å². The third-order valence-corrected chi connectivity index (χ3v) is 3.14. The molecule has 24 heavy (non-hydrogen) atoms. The normalized spacial score (nSPS) is 11.2. The van der Waals surface area contributed by atoms with Crippen molar-refractivity contribution in [1.82, 2.24) is 5.16 Å². The van der Waals surface area contributed by atoms with Gasteiger partial charge in [-0.2, -0.15) is 13.2 Å². The molecule has 1 aromatic heterocycles. The van der Waals surface area contributed by atoms with Crippen LogP contribution in [0.3, 0.4) is 0 Å². The fourth-order valence-corrected chi connectivity index (χ4v) is 1.89. The smallest absolute Gasteiger partial charge is 0.416 e. The Morgan fingerprint density at radius 2 is 1.92 bits per heavy atom. The van der Waals surface area contributed by atoms with E-state index < -0.39 is 23.6 Å². The topological polar surface area (TPSA) is 81.4 Å². The highest BCUT2D eigenvalue weighted by atomic mass is 19.4. The fraction of sp³-hybridized carbons (Fsp3) is 0.267.